The first-order valence-electron chi connectivity index (χ1n) is 14.1. The second-order valence-corrected chi connectivity index (χ2v) is 13.9. The largest absolute Gasteiger partial charge is 0.373 e. The maximum absolute atomic E-state index is 12.2. The van der Waals surface area contributed by atoms with E-state index in [0.29, 0.717) is 12.2 Å². The third-order valence-corrected chi connectivity index (χ3v) is 11.1. The zero-order chi connectivity index (χ0) is 25.6. The van der Waals surface area contributed by atoms with Crippen molar-refractivity contribution in [1.82, 2.24) is 0 Å². The van der Waals surface area contributed by atoms with Crippen LogP contribution in [0.4, 0.5) is 0 Å². The minimum absolute atomic E-state index is 0.438. The van der Waals surface area contributed by atoms with Gasteiger partial charge in [-0.05, 0) is 24.6 Å². The molecule has 0 aliphatic carbocycles. The summed E-state index contributed by atoms with van der Waals surface area (Å²) in [6, 6.07) is 8.59. The summed E-state index contributed by atoms with van der Waals surface area (Å²) in [4.78, 5) is 22.3. The highest BCUT2D eigenvalue weighted by Gasteiger charge is 2.26. The molecule has 0 bridgehead atoms. The molecule has 197 valence electrons. The number of hydrogen-bond donors (Lipinski definition) is 0. The SMILES string of the molecule is [CH2]CCCCCCCCCCCCCCCCCOOC(=O)c1ccc([Si](C=C)(C=C)CC)cc1. The van der Waals surface area contributed by atoms with Gasteiger partial charge in [0.25, 0.3) is 0 Å². The molecule has 1 aromatic rings. The molecule has 4 heteroatoms. The van der Waals surface area contributed by atoms with Gasteiger partial charge < -0.3 is 0 Å². The molecule has 0 unspecified atom stereocenters. The number of hydrogen-bond acceptors (Lipinski definition) is 3. The Balaban J connectivity index is 1.98. The normalized spacial score (nSPS) is 11.4. The summed E-state index contributed by atoms with van der Waals surface area (Å²) in [7, 11) is -1.88. The monoisotopic (exact) mass is 499 g/mol. The van der Waals surface area contributed by atoms with E-state index < -0.39 is 14.0 Å². The predicted molar refractivity (Wildman–Crippen MR) is 153 cm³/mol. The van der Waals surface area contributed by atoms with E-state index >= 15 is 0 Å². The van der Waals surface area contributed by atoms with Crippen molar-refractivity contribution in [2.45, 2.75) is 116 Å². The quantitative estimate of drug-likeness (QED) is 0.0652. The molecule has 0 saturated heterocycles. The molecule has 0 aromatic heterocycles. The minimum Gasteiger partial charge on any atom is -0.293 e. The topological polar surface area (TPSA) is 35.5 Å². The lowest BCUT2D eigenvalue weighted by Gasteiger charge is -2.23. The molecule has 0 fully saturated rings. The predicted octanol–water partition coefficient (Wildman–Crippen LogP) is 8.98. The Morgan fingerprint density at radius 3 is 1.57 bits per heavy atom. The Bertz CT molecular complexity index is 675. The van der Waals surface area contributed by atoms with E-state index in [1.54, 1.807) is 12.1 Å². The molecule has 0 spiro atoms. The van der Waals surface area contributed by atoms with Crippen molar-refractivity contribution in [2.24, 2.45) is 0 Å². The van der Waals surface area contributed by atoms with Gasteiger partial charge in [-0.25, -0.2) is 4.79 Å². The van der Waals surface area contributed by atoms with Gasteiger partial charge in [0.1, 0.15) is 8.07 Å². The van der Waals surface area contributed by atoms with Crippen molar-refractivity contribution in [3.8, 4) is 0 Å². The molecule has 0 N–H and O–H groups in total. The standard InChI is InChI=1S/C31H51O3Si/c1-5-9-10-11-12-13-14-15-16-17-18-19-20-21-22-23-28-33-34-31(32)29-24-26-30(27-25-29)35(6-2,7-3)8-4/h6-7,24-27H,1-3,5,8-23,28H2,4H3. The third-order valence-electron chi connectivity index (χ3n) is 7.08. The molecule has 0 saturated carbocycles. The van der Waals surface area contributed by atoms with Crippen molar-refractivity contribution in [1.29, 1.82) is 0 Å². The van der Waals surface area contributed by atoms with Crippen LogP contribution in [0.3, 0.4) is 0 Å². The van der Waals surface area contributed by atoms with E-state index in [-0.39, 0.29) is 0 Å². The average molecular weight is 500 g/mol. The Labute approximate surface area is 217 Å². The summed E-state index contributed by atoms with van der Waals surface area (Å²) in [5, 5.41) is 1.20. The fourth-order valence-electron chi connectivity index (χ4n) is 4.51. The number of carbonyl (C=O) groups excluding carboxylic acids is 1. The summed E-state index contributed by atoms with van der Waals surface area (Å²) in [6.45, 7) is 14.5. The molecule has 1 aromatic carbocycles. The fourth-order valence-corrected chi connectivity index (χ4v) is 6.92. The molecule has 0 aliphatic rings. The van der Waals surface area contributed by atoms with Crippen LogP contribution in [-0.4, -0.2) is 20.7 Å². The van der Waals surface area contributed by atoms with Crippen LogP contribution in [0.25, 0.3) is 0 Å². The highest BCUT2D eigenvalue weighted by atomic mass is 28.3. The first-order chi connectivity index (χ1) is 17.1. The van der Waals surface area contributed by atoms with Gasteiger partial charge in [0, 0.05) is 0 Å². The molecule has 0 heterocycles. The smallest absolute Gasteiger partial charge is 0.293 e. The van der Waals surface area contributed by atoms with Gasteiger partial charge in [0.15, 0.2) is 0 Å². The van der Waals surface area contributed by atoms with Gasteiger partial charge >= 0.3 is 5.97 Å². The van der Waals surface area contributed by atoms with E-state index in [1.165, 1.54) is 88.7 Å². The van der Waals surface area contributed by atoms with Crippen LogP contribution in [0, 0.1) is 6.92 Å². The van der Waals surface area contributed by atoms with E-state index in [4.69, 9.17) is 9.78 Å². The highest BCUT2D eigenvalue weighted by molar-refractivity contribution is 6.99. The van der Waals surface area contributed by atoms with Gasteiger partial charge in [-0.3, -0.25) is 4.89 Å². The van der Waals surface area contributed by atoms with Crippen LogP contribution in [0.5, 0.6) is 0 Å². The number of carbonyl (C=O) groups is 1. The maximum atomic E-state index is 12.2. The van der Waals surface area contributed by atoms with Gasteiger partial charge in [-0.15, -0.1) is 13.2 Å². The van der Waals surface area contributed by atoms with E-state index in [2.05, 4.69) is 27.0 Å². The Hall–Kier alpha value is -1.65. The van der Waals surface area contributed by atoms with Crippen molar-refractivity contribution in [3.63, 3.8) is 0 Å². The summed E-state index contributed by atoms with van der Waals surface area (Å²) in [6.07, 6.45) is 20.8. The van der Waals surface area contributed by atoms with Crippen molar-refractivity contribution < 1.29 is 14.6 Å². The summed E-state index contributed by atoms with van der Waals surface area (Å²) in [5.74, 6) is -0.438. The fraction of sp³-hybridized carbons (Fsp3) is 0.613. The third kappa shape index (κ3) is 13.3. The minimum atomic E-state index is -1.88. The molecule has 0 atom stereocenters. The number of rotatable bonds is 23. The van der Waals surface area contributed by atoms with Crippen molar-refractivity contribution >= 4 is 19.2 Å². The van der Waals surface area contributed by atoms with Crippen molar-refractivity contribution in [2.75, 3.05) is 6.61 Å². The Morgan fingerprint density at radius 1 is 0.743 bits per heavy atom. The Kier molecular flexibility index (Phi) is 18.4. The van der Waals surface area contributed by atoms with Crippen LogP contribution < -0.4 is 5.19 Å². The molecular formula is C31H51O3Si. The second kappa shape index (κ2) is 20.5. The molecule has 1 radical (unpaired) electrons. The van der Waals surface area contributed by atoms with Gasteiger partial charge in [-0.1, -0.05) is 139 Å². The van der Waals surface area contributed by atoms with Gasteiger partial charge in [0.05, 0.1) is 12.2 Å². The first kappa shape index (κ1) is 31.4. The molecule has 3 nitrogen and oxygen atoms in total. The number of unbranched alkanes of at least 4 members (excludes halogenated alkanes) is 15. The highest BCUT2D eigenvalue weighted by Crippen LogP contribution is 2.15. The average Bonchev–Trinajstić information content (AvgIpc) is 2.89. The van der Waals surface area contributed by atoms with E-state index in [0.717, 1.165) is 25.3 Å². The van der Waals surface area contributed by atoms with Crippen LogP contribution in [-0.2, 0) is 9.78 Å². The molecule has 1 rings (SSSR count). The first-order valence-corrected chi connectivity index (χ1v) is 16.5. The zero-order valence-corrected chi connectivity index (χ0v) is 23.5. The summed E-state index contributed by atoms with van der Waals surface area (Å²) in [5.41, 5.74) is 4.57. The van der Waals surface area contributed by atoms with Gasteiger partial charge in [-0.2, -0.15) is 4.89 Å². The summed E-state index contributed by atoms with van der Waals surface area (Å²) >= 11 is 0. The molecule has 0 amide bonds. The number of benzene rings is 1. The zero-order valence-electron chi connectivity index (χ0n) is 22.5. The second-order valence-electron chi connectivity index (χ2n) is 9.73. The summed E-state index contributed by atoms with van der Waals surface area (Å²) < 4.78 is 0. The Morgan fingerprint density at radius 2 is 1.17 bits per heavy atom. The van der Waals surface area contributed by atoms with Crippen LogP contribution >= 0.6 is 0 Å². The lowest BCUT2D eigenvalue weighted by Crippen LogP contribution is -2.43. The van der Waals surface area contributed by atoms with E-state index in [1.807, 2.05) is 23.5 Å². The van der Waals surface area contributed by atoms with Crippen molar-refractivity contribution in [3.05, 3.63) is 61.3 Å². The van der Waals surface area contributed by atoms with Crippen LogP contribution in [0.15, 0.2) is 48.8 Å². The molecule has 0 aliphatic heterocycles. The molecular weight excluding hydrogens is 448 g/mol. The van der Waals surface area contributed by atoms with Gasteiger partial charge in [0.2, 0.25) is 0 Å². The van der Waals surface area contributed by atoms with E-state index in [9.17, 15) is 4.79 Å². The van der Waals surface area contributed by atoms with Crippen LogP contribution in [0.1, 0.15) is 120 Å². The van der Waals surface area contributed by atoms with Crippen LogP contribution in [0.2, 0.25) is 6.04 Å². The maximum Gasteiger partial charge on any atom is 0.373 e. The lowest BCUT2D eigenvalue weighted by atomic mass is 10.0. The molecule has 35 heavy (non-hydrogen) atoms. The lowest BCUT2D eigenvalue weighted by molar-refractivity contribution is -0.241.